The minimum absolute atomic E-state index is 0.657. The van der Waals surface area contributed by atoms with Crippen molar-refractivity contribution in [1.29, 1.82) is 0 Å². The van der Waals surface area contributed by atoms with Gasteiger partial charge in [-0.1, -0.05) is 60.7 Å². The van der Waals surface area contributed by atoms with Crippen LogP contribution in [0.1, 0.15) is 12.5 Å². The maximum atomic E-state index is 5.68. The van der Waals surface area contributed by atoms with Crippen LogP contribution in [0, 0.1) is 0 Å². The fourth-order valence-corrected chi connectivity index (χ4v) is 3.73. The van der Waals surface area contributed by atoms with Gasteiger partial charge in [0.25, 0.3) is 0 Å². The van der Waals surface area contributed by atoms with Gasteiger partial charge >= 0.3 is 0 Å². The van der Waals surface area contributed by atoms with E-state index in [2.05, 4.69) is 60.7 Å². The first-order chi connectivity index (χ1) is 13.8. The van der Waals surface area contributed by atoms with Gasteiger partial charge in [0.2, 0.25) is 0 Å². The van der Waals surface area contributed by atoms with Gasteiger partial charge in [-0.15, -0.1) is 0 Å². The van der Waals surface area contributed by atoms with Gasteiger partial charge in [-0.2, -0.15) is 5.10 Å². The van der Waals surface area contributed by atoms with Gasteiger partial charge in [0.05, 0.1) is 6.61 Å². The van der Waals surface area contributed by atoms with Crippen LogP contribution in [0.4, 0.5) is 0 Å². The molecule has 3 aromatic carbocycles. The Morgan fingerprint density at radius 3 is 2.43 bits per heavy atom. The van der Waals surface area contributed by atoms with Gasteiger partial charge < -0.3 is 4.74 Å². The molecule has 1 aliphatic rings. The number of ether oxygens (including phenoxy) is 1. The summed E-state index contributed by atoms with van der Waals surface area (Å²) in [5.74, 6) is 2.57. The first-order valence-electron chi connectivity index (χ1n) is 9.68. The molecule has 5 rings (SSSR count). The molecule has 4 aromatic rings. The first kappa shape index (κ1) is 16.8. The smallest absolute Gasteiger partial charge is 0.181 e. The van der Waals surface area contributed by atoms with Crippen LogP contribution in [0.3, 0.4) is 0 Å². The summed E-state index contributed by atoms with van der Waals surface area (Å²) in [6.07, 6.45) is 0.963. The molecule has 0 bridgehead atoms. The highest BCUT2D eigenvalue weighted by Gasteiger charge is 2.21. The van der Waals surface area contributed by atoms with Crippen LogP contribution in [-0.4, -0.2) is 21.4 Å². The molecule has 4 nitrogen and oxygen atoms in total. The van der Waals surface area contributed by atoms with Gasteiger partial charge in [-0.3, -0.25) is 0 Å². The molecule has 0 amide bonds. The fraction of sp³-hybridized carbons (Fsp3) is 0.167. The third-order valence-electron chi connectivity index (χ3n) is 5.15. The molecule has 0 radical (unpaired) electrons. The number of benzene rings is 3. The molecule has 4 heteroatoms. The van der Waals surface area contributed by atoms with Crippen LogP contribution in [0.15, 0.2) is 72.8 Å². The first-order valence-corrected chi connectivity index (χ1v) is 9.68. The molecule has 1 aliphatic heterocycles. The third-order valence-corrected chi connectivity index (χ3v) is 5.15. The van der Waals surface area contributed by atoms with Gasteiger partial charge in [0.1, 0.15) is 5.75 Å². The zero-order valence-electron chi connectivity index (χ0n) is 15.8. The summed E-state index contributed by atoms with van der Waals surface area (Å²) in [7, 11) is 0. The number of nitrogens with zero attached hydrogens (tertiary/aromatic N) is 3. The van der Waals surface area contributed by atoms with Crippen molar-refractivity contribution >= 4 is 0 Å². The van der Waals surface area contributed by atoms with Crippen molar-refractivity contribution in [3.05, 3.63) is 78.4 Å². The predicted octanol–water partition coefficient (Wildman–Crippen LogP) is 5.23. The van der Waals surface area contributed by atoms with E-state index in [1.807, 2.05) is 23.7 Å². The van der Waals surface area contributed by atoms with E-state index < -0.39 is 0 Å². The Labute approximate surface area is 164 Å². The molecule has 0 N–H and O–H groups in total. The summed E-state index contributed by atoms with van der Waals surface area (Å²) in [5, 5.41) is 4.76. The summed E-state index contributed by atoms with van der Waals surface area (Å²) in [5.41, 5.74) is 5.86. The minimum Gasteiger partial charge on any atom is -0.494 e. The Bertz CT molecular complexity index is 1110. The number of hydrogen-bond donors (Lipinski definition) is 0. The van der Waals surface area contributed by atoms with Crippen molar-refractivity contribution in [2.24, 2.45) is 0 Å². The number of rotatable bonds is 4. The zero-order chi connectivity index (χ0) is 18.9. The molecule has 0 saturated heterocycles. The Balaban J connectivity index is 1.50. The van der Waals surface area contributed by atoms with E-state index in [9.17, 15) is 0 Å². The summed E-state index contributed by atoms with van der Waals surface area (Å²) in [4.78, 5) is 4.86. The second kappa shape index (κ2) is 6.97. The molecule has 2 heterocycles. The van der Waals surface area contributed by atoms with Crippen LogP contribution in [0.2, 0.25) is 0 Å². The lowest BCUT2D eigenvalue weighted by Gasteiger charge is -2.17. The third kappa shape index (κ3) is 2.97. The Kier molecular flexibility index (Phi) is 4.17. The molecule has 0 atom stereocenters. The minimum atomic E-state index is 0.657. The van der Waals surface area contributed by atoms with Gasteiger partial charge in [-0.05, 0) is 42.2 Å². The van der Waals surface area contributed by atoms with E-state index in [4.69, 9.17) is 14.8 Å². The molecular formula is C24H21N3O. The second-order valence-electron chi connectivity index (χ2n) is 6.93. The Morgan fingerprint density at radius 1 is 0.893 bits per heavy atom. The van der Waals surface area contributed by atoms with E-state index in [-0.39, 0.29) is 0 Å². The largest absolute Gasteiger partial charge is 0.494 e. The molecule has 0 spiro atoms. The van der Waals surface area contributed by atoms with Crippen LogP contribution in [-0.2, 0) is 13.0 Å². The molecular weight excluding hydrogens is 346 g/mol. The van der Waals surface area contributed by atoms with Crippen LogP contribution in [0.25, 0.3) is 33.9 Å². The summed E-state index contributed by atoms with van der Waals surface area (Å²) < 4.78 is 7.69. The van der Waals surface area contributed by atoms with Gasteiger partial charge in [0.15, 0.2) is 11.6 Å². The number of aromatic nitrogens is 3. The van der Waals surface area contributed by atoms with Crippen molar-refractivity contribution < 1.29 is 4.74 Å². The average Bonchev–Trinajstić information content (AvgIpc) is 3.20. The molecule has 0 saturated carbocycles. The lowest BCUT2D eigenvalue weighted by Crippen LogP contribution is -2.12. The van der Waals surface area contributed by atoms with Crippen molar-refractivity contribution in [3.8, 4) is 39.7 Å². The zero-order valence-corrected chi connectivity index (χ0v) is 15.8. The highest BCUT2D eigenvalue weighted by atomic mass is 16.5. The molecule has 1 aromatic heterocycles. The maximum Gasteiger partial charge on any atom is 0.181 e. The monoisotopic (exact) mass is 367 g/mol. The molecule has 0 unspecified atom stereocenters. The quantitative estimate of drug-likeness (QED) is 0.496. The Hall–Kier alpha value is -3.40. The predicted molar refractivity (Wildman–Crippen MR) is 111 cm³/mol. The Morgan fingerprint density at radius 2 is 1.64 bits per heavy atom. The maximum absolute atomic E-state index is 5.68. The molecule has 28 heavy (non-hydrogen) atoms. The molecule has 0 fully saturated rings. The summed E-state index contributed by atoms with van der Waals surface area (Å²) in [6, 6.07) is 25.1. The number of hydrogen-bond acceptors (Lipinski definition) is 3. The van der Waals surface area contributed by atoms with E-state index in [0.717, 1.165) is 41.5 Å². The lowest BCUT2D eigenvalue weighted by molar-refractivity contribution is 0.340. The topological polar surface area (TPSA) is 39.9 Å². The van der Waals surface area contributed by atoms with E-state index in [1.54, 1.807) is 0 Å². The number of aryl methyl sites for hydroxylation is 2. The molecule has 138 valence electrons. The number of fused-ring (bicyclic) bond motifs is 3. The van der Waals surface area contributed by atoms with Gasteiger partial charge in [0, 0.05) is 17.7 Å². The van der Waals surface area contributed by atoms with Crippen molar-refractivity contribution in [3.63, 3.8) is 0 Å². The average molecular weight is 367 g/mol. The van der Waals surface area contributed by atoms with E-state index in [1.165, 1.54) is 16.7 Å². The van der Waals surface area contributed by atoms with Crippen molar-refractivity contribution in [2.45, 2.75) is 19.9 Å². The van der Waals surface area contributed by atoms with E-state index in [0.29, 0.717) is 6.61 Å². The van der Waals surface area contributed by atoms with Crippen molar-refractivity contribution in [1.82, 2.24) is 14.8 Å². The molecule has 0 aliphatic carbocycles. The van der Waals surface area contributed by atoms with Crippen LogP contribution < -0.4 is 4.74 Å². The highest BCUT2D eigenvalue weighted by Crippen LogP contribution is 2.33. The van der Waals surface area contributed by atoms with Crippen LogP contribution in [0.5, 0.6) is 5.75 Å². The summed E-state index contributed by atoms with van der Waals surface area (Å²) in [6.45, 7) is 3.51. The summed E-state index contributed by atoms with van der Waals surface area (Å²) >= 11 is 0. The fourth-order valence-electron chi connectivity index (χ4n) is 3.73. The lowest BCUT2D eigenvalue weighted by atomic mass is 10.0. The highest BCUT2D eigenvalue weighted by molar-refractivity contribution is 5.70. The van der Waals surface area contributed by atoms with Gasteiger partial charge in [-0.25, -0.2) is 9.67 Å². The van der Waals surface area contributed by atoms with Crippen LogP contribution >= 0.6 is 0 Å². The second-order valence-corrected chi connectivity index (χ2v) is 6.93. The van der Waals surface area contributed by atoms with Crippen molar-refractivity contribution in [2.75, 3.05) is 6.61 Å². The normalized spacial score (nSPS) is 12.3. The van der Waals surface area contributed by atoms with E-state index >= 15 is 0 Å². The SMILES string of the molecule is CCOc1ccc2c(c1)-c1nc(-c3ccc(-c4ccccc4)cc3)nn1CC2. The standard InChI is InChI=1S/C24H21N3O/c1-2-28-21-13-12-19-14-15-27-24(22(19)16-21)25-23(26-27)20-10-8-18(9-11-20)17-6-4-3-5-7-17/h3-13,16H,2,14-15H2,1H3.